The molecule has 1 atom stereocenters. The van der Waals surface area contributed by atoms with Crippen LogP contribution in [0.2, 0.25) is 0 Å². The van der Waals surface area contributed by atoms with E-state index in [1.54, 1.807) is 0 Å². The Balaban J connectivity index is 2.68. The standard InChI is InChI=1S/C12H13FN2O4/c1-2-6-19-12(18)15-9(11(16)17)7-8-4-3-5-14-10(8)13/h2-5,9H,1,6-7H2,(H,15,18)(H,16,17). The second-order valence-corrected chi connectivity index (χ2v) is 3.58. The minimum Gasteiger partial charge on any atom is -0.480 e. The van der Waals surface area contributed by atoms with E-state index < -0.39 is 24.1 Å². The summed E-state index contributed by atoms with van der Waals surface area (Å²) < 4.78 is 17.9. The van der Waals surface area contributed by atoms with Gasteiger partial charge in [0.1, 0.15) is 12.6 Å². The molecular formula is C12H13FN2O4. The molecule has 19 heavy (non-hydrogen) atoms. The molecule has 0 saturated carbocycles. The molecule has 0 aliphatic heterocycles. The second kappa shape index (κ2) is 7.10. The van der Waals surface area contributed by atoms with Crippen molar-refractivity contribution in [1.82, 2.24) is 10.3 Å². The lowest BCUT2D eigenvalue weighted by atomic mass is 10.1. The van der Waals surface area contributed by atoms with Crippen molar-refractivity contribution in [3.05, 3.63) is 42.5 Å². The van der Waals surface area contributed by atoms with Crippen molar-refractivity contribution in [3.8, 4) is 0 Å². The zero-order chi connectivity index (χ0) is 14.3. The average Bonchev–Trinajstić information content (AvgIpc) is 2.38. The van der Waals surface area contributed by atoms with Crippen molar-refractivity contribution in [1.29, 1.82) is 0 Å². The van der Waals surface area contributed by atoms with E-state index in [1.807, 2.05) is 0 Å². The number of carboxylic acid groups (broad SMARTS) is 1. The summed E-state index contributed by atoms with van der Waals surface area (Å²) in [4.78, 5) is 25.6. The number of carbonyl (C=O) groups excluding carboxylic acids is 1. The summed E-state index contributed by atoms with van der Waals surface area (Å²) in [6.45, 7) is 3.30. The van der Waals surface area contributed by atoms with Crippen molar-refractivity contribution in [2.24, 2.45) is 0 Å². The maximum absolute atomic E-state index is 13.3. The van der Waals surface area contributed by atoms with Crippen LogP contribution in [0.5, 0.6) is 0 Å². The Hall–Kier alpha value is -2.44. The highest BCUT2D eigenvalue weighted by molar-refractivity contribution is 5.80. The van der Waals surface area contributed by atoms with E-state index in [-0.39, 0.29) is 18.6 Å². The molecule has 1 amide bonds. The SMILES string of the molecule is C=CCOC(=O)NC(Cc1cccnc1F)C(=O)O. The number of aromatic nitrogens is 1. The molecule has 1 aromatic heterocycles. The lowest BCUT2D eigenvalue weighted by molar-refractivity contribution is -0.139. The summed E-state index contributed by atoms with van der Waals surface area (Å²) in [5.41, 5.74) is 0.0962. The van der Waals surface area contributed by atoms with Crippen LogP contribution >= 0.6 is 0 Å². The van der Waals surface area contributed by atoms with E-state index in [0.29, 0.717) is 0 Å². The van der Waals surface area contributed by atoms with E-state index in [9.17, 15) is 14.0 Å². The number of rotatable bonds is 6. The van der Waals surface area contributed by atoms with E-state index in [0.717, 1.165) is 0 Å². The Morgan fingerprint density at radius 2 is 2.37 bits per heavy atom. The minimum atomic E-state index is -1.30. The van der Waals surface area contributed by atoms with Crippen LogP contribution in [0.4, 0.5) is 9.18 Å². The number of alkyl carbamates (subject to hydrolysis) is 1. The Bertz CT molecular complexity index is 479. The van der Waals surface area contributed by atoms with Crippen LogP contribution in [0.25, 0.3) is 0 Å². The molecule has 1 rings (SSSR count). The first-order chi connectivity index (χ1) is 9.04. The number of halogens is 1. The Kier molecular flexibility index (Phi) is 5.46. The molecule has 1 aromatic rings. The van der Waals surface area contributed by atoms with Crippen molar-refractivity contribution in [3.63, 3.8) is 0 Å². The van der Waals surface area contributed by atoms with Gasteiger partial charge in [0.25, 0.3) is 0 Å². The zero-order valence-corrected chi connectivity index (χ0v) is 10.0. The first-order valence-corrected chi connectivity index (χ1v) is 5.41. The molecule has 2 N–H and O–H groups in total. The van der Waals surface area contributed by atoms with Gasteiger partial charge in [-0.1, -0.05) is 18.7 Å². The number of carbonyl (C=O) groups is 2. The number of hydrogen-bond donors (Lipinski definition) is 2. The fourth-order valence-electron chi connectivity index (χ4n) is 1.31. The van der Waals surface area contributed by atoms with Gasteiger partial charge in [-0.05, 0) is 6.07 Å². The molecule has 0 aliphatic carbocycles. The monoisotopic (exact) mass is 268 g/mol. The number of nitrogens with zero attached hydrogens (tertiary/aromatic N) is 1. The summed E-state index contributed by atoms with van der Waals surface area (Å²) in [6.07, 6.45) is 1.46. The maximum Gasteiger partial charge on any atom is 0.408 e. The van der Waals surface area contributed by atoms with Gasteiger partial charge in [-0.25, -0.2) is 14.6 Å². The van der Waals surface area contributed by atoms with Crippen LogP contribution in [0.15, 0.2) is 31.0 Å². The van der Waals surface area contributed by atoms with Gasteiger partial charge < -0.3 is 15.2 Å². The fourth-order valence-corrected chi connectivity index (χ4v) is 1.31. The first kappa shape index (κ1) is 14.6. The third-order valence-electron chi connectivity index (χ3n) is 2.18. The number of ether oxygens (including phenoxy) is 1. The van der Waals surface area contributed by atoms with Crippen LogP contribution in [0.1, 0.15) is 5.56 Å². The highest BCUT2D eigenvalue weighted by Crippen LogP contribution is 2.07. The second-order valence-electron chi connectivity index (χ2n) is 3.58. The predicted octanol–water partition coefficient (Wildman–Crippen LogP) is 1.13. The zero-order valence-electron chi connectivity index (χ0n) is 10.0. The molecule has 0 fully saturated rings. The molecule has 6 nitrogen and oxygen atoms in total. The van der Waals surface area contributed by atoms with E-state index >= 15 is 0 Å². The van der Waals surface area contributed by atoms with Crippen molar-refractivity contribution in [2.45, 2.75) is 12.5 Å². The quantitative estimate of drug-likeness (QED) is 0.596. The highest BCUT2D eigenvalue weighted by Gasteiger charge is 2.22. The van der Waals surface area contributed by atoms with Gasteiger partial charge in [0.2, 0.25) is 5.95 Å². The van der Waals surface area contributed by atoms with Crippen LogP contribution < -0.4 is 5.32 Å². The van der Waals surface area contributed by atoms with Gasteiger partial charge in [0.15, 0.2) is 0 Å². The molecule has 0 aromatic carbocycles. The molecule has 0 aliphatic rings. The smallest absolute Gasteiger partial charge is 0.408 e. The molecule has 7 heteroatoms. The number of carboxylic acids is 1. The summed E-state index contributed by atoms with van der Waals surface area (Å²) in [5, 5.41) is 11.1. The van der Waals surface area contributed by atoms with Crippen molar-refractivity contribution < 1.29 is 23.8 Å². The van der Waals surface area contributed by atoms with E-state index in [4.69, 9.17) is 5.11 Å². The lowest BCUT2D eigenvalue weighted by Gasteiger charge is -2.14. The first-order valence-electron chi connectivity index (χ1n) is 5.41. The number of nitrogens with one attached hydrogen (secondary N) is 1. The van der Waals surface area contributed by atoms with E-state index in [2.05, 4.69) is 21.6 Å². The molecule has 102 valence electrons. The normalized spacial score (nSPS) is 11.4. The molecule has 0 bridgehead atoms. The molecule has 1 unspecified atom stereocenters. The van der Waals surface area contributed by atoms with Crippen molar-refractivity contribution >= 4 is 12.1 Å². The lowest BCUT2D eigenvalue weighted by Crippen LogP contribution is -2.42. The summed E-state index contributed by atoms with van der Waals surface area (Å²) in [7, 11) is 0. The maximum atomic E-state index is 13.3. The highest BCUT2D eigenvalue weighted by atomic mass is 19.1. The largest absolute Gasteiger partial charge is 0.480 e. The molecule has 0 radical (unpaired) electrons. The number of pyridine rings is 1. The van der Waals surface area contributed by atoms with Crippen LogP contribution in [-0.2, 0) is 16.0 Å². The minimum absolute atomic E-state index is 0.0422. The van der Waals surface area contributed by atoms with Crippen LogP contribution in [0.3, 0.4) is 0 Å². The average molecular weight is 268 g/mol. The third kappa shape index (κ3) is 4.74. The van der Waals surface area contributed by atoms with Gasteiger partial charge in [-0.2, -0.15) is 4.39 Å². The molecule has 0 saturated heterocycles. The van der Waals surface area contributed by atoms with Gasteiger partial charge in [-0.3, -0.25) is 0 Å². The Labute approximate surface area is 108 Å². The van der Waals surface area contributed by atoms with Gasteiger partial charge in [0.05, 0.1) is 0 Å². The van der Waals surface area contributed by atoms with Gasteiger partial charge >= 0.3 is 12.1 Å². The molecule has 1 heterocycles. The topological polar surface area (TPSA) is 88.5 Å². The van der Waals surface area contributed by atoms with Gasteiger partial charge in [0, 0.05) is 18.2 Å². The molecule has 0 spiro atoms. The third-order valence-corrected chi connectivity index (χ3v) is 2.18. The number of aliphatic carboxylic acids is 1. The molecular weight excluding hydrogens is 255 g/mol. The predicted molar refractivity (Wildman–Crippen MR) is 64.0 cm³/mol. The Morgan fingerprint density at radius 1 is 1.63 bits per heavy atom. The van der Waals surface area contributed by atoms with Gasteiger partial charge in [-0.15, -0.1) is 0 Å². The fraction of sp³-hybridized carbons (Fsp3) is 0.250. The summed E-state index contributed by atoms with van der Waals surface area (Å²) in [5.74, 6) is -2.06. The van der Waals surface area contributed by atoms with Crippen LogP contribution in [0, 0.1) is 5.95 Å². The Morgan fingerprint density at radius 3 is 2.95 bits per heavy atom. The van der Waals surface area contributed by atoms with Crippen molar-refractivity contribution in [2.75, 3.05) is 6.61 Å². The summed E-state index contributed by atoms with van der Waals surface area (Å²) >= 11 is 0. The summed E-state index contributed by atoms with van der Waals surface area (Å²) in [6, 6.07) is 1.58. The number of amides is 1. The van der Waals surface area contributed by atoms with E-state index in [1.165, 1.54) is 24.4 Å². The number of hydrogen-bond acceptors (Lipinski definition) is 4. The van der Waals surface area contributed by atoms with Crippen LogP contribution in [-0.4, -0.2) is 34.8 Å².